The van der Waals surface area contributed by atoms with E-state index in [1.54, 1.807) is 30.3 Å². The van der Waals surface area contributed by atoms with Gasteiger partial charge in [0.05, 0.1) is 0 Å². The summed E-state index contributed by atoms with van der Waals surface area (Å²) in [6.45, 7) is 0. The summed E-state index contributed by atoms with van der Waals surface area (Å²) in [6, 6.07) is 13.2. The number of nitrogens with one attached hydrogen (secondary N) is 1. The Balaban J connectivity index is 1.78. The van der Waals surface area contributed by atoms with Crippen LogP contribution >= 0.6 is 11.6 Å². The van der Waals surface area contributed by atoms with Crippen molar-refractivity contribution in [3.8, 4) is 11.3 Å². The van der Waals surface area contributed by atoms with Gasteiger partial charge in [-0.25, -0.2) is 8.78 Å². The van der Waals surface area contributed by atoms with Gasteiger partial charge in [0.1, 0.15) is 5.76 Å². The van der Waals surface area contributed by atoms with Crippen LogP contribution in [0.5, 0.6) is 0 Å². The van der Waals surface area contributed by atoms with Gasteiger partial charge in [0.2, 0.25) is 0 Å². The summed E-state index contributed by atoms with van der Waals surface area (Å²) in [5.41, 5.74) is 0.902. The summed E-state index contributed by atoms with van der Waals surface area (Å²) >= 11 is 5.82. The zero-order chi connectivity index (χ0) is 16.4. The van der Waals surface area contributed by atoms with Crippen LogP contribution in [0, 0.1) is 11.6 Å². The summed E-state index contributed by atoms with van der Waals surface area (Å²) in [4.78, 5) is 12.1. The molecule has 0 saturated heterocycles. The molecule has 0 radical (unpaired) electrons. The van der Waals surface area contributed by atoms with Crippen molar-refractivity contribution in [2.24, 2.45) is 0 Å². The Morgan fingerprint density at radius 2 is 1.70 bits per heavy atom. The van der Waals surface area contributed by atoms with E-state index in [2.05, 4.69) is 5.32 Å². The minimum absolute atomic E-state index is 0.0553. The molecule has 0 saturated carbocycles. The predicted octanol–water partition coefficient (Wildman–Crippen LogP) is 5.13. The van der Waals surface area contributed by atoms with Gasteiger partial charge >= 0.3 is 0 Å². The van der Waals surface area contributed by atoms with Gasteiger partial charge < -0.3 is 9.73 Å². The fourth-order valence-corrected chi connectivity index (χ4v) is 2.12. The first-order valence-corrected chi connectivity index (χ1v) is 7.03. The molecule has 2 aromatic carbocycles. The van der Waals surface area contributed by atoms with E-state index in [1.807, 2.05) is 0 Å². The lowest BCUT2D eigenvalue weighted by Crippen LogP contribution is -2.11. The van der Waals surface area contributed by atoms with Crippen LogP contribution in [0.15, 0.2) is 59.0 Å². The average molecular weight is 334 g/mol. The number of benzene rings is 2. The van der Waals surface area contributed by atoms with Gasteiger partial charge in [-0.3, -0.25) is 4.79 Å². The molecule has 3 rings (SSSR count). The topological polar surface area (TPSA) is 42.2 Å². The largest absolute Gasteiger partial charge is 0.451 e. The first-order chi connectivity index (χ1) is 11.0. The molecular weight excluding hydrogens is 324 g/mol. The second kappa shape index (κ2) is 6.22. The molecule has 0 spiro atoms. The van der Waals surface area contributed by atoms with Crippen LogP contribution in [0.1, 0.15) is 10.6 Å². The molecule has 0 aliphatic rings. The highest BCUT2D eigenvalue weighted by Gasteiger charge is 2.13. The van der Waals surface area contributed by atoms with Crippen LogP contribution in [0.3, 0.4) is 0 Å². The monoisotopic (exact) mass is 333 g/mol. The maximum atomic E-state index is 13.1. The quantitative estimate of drug-likeness (QED) is 0.722. The Kier molecular flexibility index (Phi) is 4.12. The van der Waals surface area contributed by atoms with Crippen LogP contribution < -0.4 is 5.32 Å². The first kappa shape index (κ1) is 15.2. The minimum atomic E-state index is -1.04. The van der Waals surface area contributed by atoms with Gasteiger partial charge in [0.15, 0.2) is 17.4 Å². The Labute approximate surface area is 135 Å². The molecule has 3 aromatic rings. The zero-order valence-corrected chi connectivity index (χ0v) is 12.4. The summed E-state index contributed by atoms with van der Waals surface area (Å²) in [5.74, 6) is -2.02. The second-order valence-electron chi connectivity index (χ2n) is 4.75. The molecule has 0 bridgehead atoms. The van der Waals surface area contributed by atoms with E-state index in [9.17, 15) is 13.6 Å². The Morgan fingerprint density at radius 3 is 2.39 bits per heavy atom. The van der Waals surface area contributed by atoms with Gasteiger partial charge in [0.25, 0.3) is 5.91 Å². The van der Waals surface area contributed by atoms with Crippen LogP contribution in [0.4, 0.5) is 14.5 Å². The van der Waals surface area contributed by atoms with Crippen molar-refractivity contribution in [3.63, 3.8) is 0 Å². The summed E-state index contributed by atoms with van der Waals surface area (Å²) in [5, 5.41) is 3.03. The minimum Gasteiger partial charge on any atom is -0.451 e. The molecule has 23 heavy (non-hydrogen) atoms. The number of furan rings is 1. The lowest BCUT2D eigenvalue weighted by molar-refractivity contribution is 0.0997. The van der Waals surface area contributed by atoms with Crippen LogP contribution in [0.2, 0.25) is 5.02 Å². The van der Waals surface area contributed by atoms with E-state index in [0.717, 1.165) is 17.7 Å². The molecule has 1 heterocycles. The number of carbonyl (C=O) groups is 1. The molecule has 0 fully saturated rings. The molecule has 3 nitrogen and oxygen atoms in total. The van der Waals surface area contributed by atoms with Crippen molar-refractivity contribution in [2.45, 2.75) is 0 Å². The van der Waals surface area contributed by atoms with E-state index in [1.165, 1.54) is 12.1 Å². The SMILES string of the molecule is O=C(Nc1ccc(F)c(F)c1)c1ccc(-c2ccc(Cl)cc2)o1. The lowest BCUT2D eigenvalue weighted by Gasteiger charge is -2.03. The fraction of sp³-hybridized carbons (Fsp3) is 0. The highest BCUT2D eigenvalue weighted by atomic mass is 35.5. The number of hydrogen-bond acceptors (Lipinski definition) is 2. The molecule has 1 aromatic heterocycles. The van der Waals surface area contributed by atoms with Crippen molar-refractivity contribution in [2.75, 3.05) is 5.32 Å². The lowest BCUT2D eigenvalue weighted by atomic mass is 10.2. The molecule has 0 unspecified atom stereocenters. The molecule has 0 aliphatic heterocycles. The van der Waals surface area contributed by atoms with Crippen LogP contribution in [0.25, 0.3) is 11.3 Å². The third-order valence-electron chi connectivity index (χ3n) is 3.14. The number of anilines is 1. The van der Waals surface area contributed by atoms with Crippen LogP contribution in [-0.2, 0) is 0 Å². The van der Waals surface area contributed by atoms with Crippen molar-refractivity contribution < 1.29 is 18.0 Å². The van der Waals surface area contributed by atoms with Crippen molar-refractivity contribution in [1.82, 2.24) is 0 Å². The van der Waals surface area contributed by atoms with E-state index < -0.39 is 17.5 Å². The van der Waals surface area contributed by atoms with Crippen molar-refractivity contribution in [1.29, 1.82) is 0 Å². The number of hydrogen-bond donors (Lipinski definition) is 1. The molecule has 6 heteroatoms. The predicted molar refractivity (Wildman–Crippen MR) is 83.5 cm³/mol. The standard InChI is InChI=1S/C17H10ClF2NO2/c18-11-3-1-10(2-4-11)15-7-8-16(23-15)17(22)21-12-5-6-13(19)14(20)9-12/h1-9H,(H,21,22). The Hall–Kier alpha value is -2.66. The normalized spacial score (nSPS) is 10.6. The highest BCUT2D eigenvalue weighted by molar-refractivity contribution is 6.30. The van der Waals surface area contributed by atoms with Gasteiger partial charge in [-0.1, -0.05) is 11.6 Å². The maximum absolute atomic E-state index is 13.1. The Morgan fingerprint density at radius 1 is 0.957 bits per heavy atom. The van der Waals surface area contributed by atoms with Gasteiger partial charge in [-0.05, 0) is 48.5 Å². The molecule has 0 aliphatic carbocycles. The van der Waals surface area contributed by atoms with Gasteiger partial charge in [-0.2, -0.15) is 0 Å². The van der Waals surface area contributed by atoms with Crippen molar-refractivity contribution in [3.05, 3.63) is 77.0 Å². The number of rotatable bonds is 3. The third kappa shape index (κ3) is 3.40. The fourth-order valence-electron chi connectivity index (χ4n) is 2.00. The molecular formula is C17H10ClF2NO2. The second-order valence-corrected chi connectivity index (χ2v) is 5.19. The first-order valence-electron chi connectivity index (χ1n) is 6.65. The molecule has 116 valence electrons. The summed E-state index contributed by atoms with van der Waals surface area (Å²) in [7, 11) is 0. The number of halogens is 3. The average Bonchev–Trinajstić information content (AvgIpc) is 3.02. The summed E-state index contributed by atoms with van der Waals surface area (Å²) < 4.78 is 31.5. The van der Waals surface area contributed by atoms with E-state index in [-0.39, 0.29) is 11.4 Å². The van der Waals surface area contributed by atoms with Crippen molar-refractivity contribution >= 4 is 23.2 Å². The molecule has 1 N–H and O–H groups in total. The third-order valence-corrected chi connectivity index (χ3v) is 3.39. The zero-order valence-electron chi connectivity index (χ0n) is 11.6. The number of amides is 1. The van der Waals surface area contributed by atoms with E-state index >= 15 is 0 Å². The van der Waals surface area contributed by atoms with Gasteiger partial charge in [0, 0.05) is 22.3 Å². The van der Waals surface area contributed by atoms with Gasteiger partial charge in [-0.15, -0.1) is 0 Å². The van der Waals surface area contributed by atoms with Crippen LogP contribution in [-0.4, -0.2) is 5.91 Å². The van der Waals surface area contributed by atoms with E-state index in [0.29, 0.717) is 10.8 Å². The maximum Gasteiger partial charge on any atom is 0.291 e. The highest BCUT2D eigenvalue weighted by Crippen LogP contribution is 2.24. The summed E-state index contributed by atoms with van der Waals surface area (Å²) in [6.07, 6.45) is 0. The van der Waals surface area contributed by atoms with E-state index in [4.69, 9.17) is 16.0 Å². The smallest absolute Gasteiger partial charge is 0.291 e. The molecule has 1 amide bonds. The number of carbonyl (C=O) groups excluding carboxylic acids is 1. The Bertz CT molecular complexity index is 859. The molecule has 0 atom stereocenters.